The van der Waals surface area contributed by atoms with Gasteiger partial charge in [-0.2, -0.15) is 0 Å². The first-order chi connectivity index (χ1) is 13.1. The number of benzene rings is 2. The molecule has 0 atom stereocenters. The van der Waals surface area contributed by atoms with E-state index in [1.165, 1.54) is 0 Å². The Hall–Kier alpha value is -3.94. The summed E-state index contributed by atoms with van der Waals surface area (Å²) in [6.07, 6.45) is 2.29. The molecule has 0 spiro atoms. The van der Waals surface area contributed by atoms with E-state index in [9.17, 15) is 19.8 Å². The van der Waals surface area contributed by atoms with Gasteiger partial charge in [-0.15, -0.1) is 0 Å². The maximum absolute atomic E-state index is 11.3. The van der Waals surface area contributed by atoms with Gasteiger partial charge in [0, 0.05) is 0 Å². The van der Waals surface area contributed by atoms with Crippen molar-refractivity contribution >= 4 is 33.9 Å². The Labute approximate surface area is 151 Å². The number of hydrogen-bond donors (Lipinski definition) is 2. The summed E-state index contributed by atoms with van der Waals surface area (Å²) in [5, 5.41) is 19.2. The van der Waals surface area contributed by atoms with E-state index >= 15 is 0 Å². The van der Waals surface area contributed by atoms with E-state index < -0.39 is 11.9 Å². The van der Waals surface area contributed by atoms with Crippen LogP contribution in [-0.2, 0) is 0 Å². The van der Waals surface area contributed by atoms with Gasteiger partial charge in [0.25, 0.3) is 0 Å². The number of ether oxygens (including phenoxy) is 2. The van der Waals surface area contributed by atoms with Crippen molar-refractivity contribution in [3.63, 3.8) is 0 Å². The molecule has 2 N–H and O–H groups in total. The molecule has 0 radical (unpaired) electrons. The molecule has 0 amide bonds. The van der Waals surface area contributed by atoms with E-state index in [0.29, 0.717) is 21.9 Å². The molecule has 2 aromatic heterocycles. The lowest BCUT2D eigenvalue weighted by Crippen LogP contribution is -2.07. The van der Waals surface area contributed by atoms with Crippen molar-refractivity contribution in [2.24, 2.45) is 0 Å². The minimum absolute atomic E-state index is 0.0225. The van der Waals surface area contributed by atoms with Crippen molar-refractivity contribution in [3.05, 3.63) is 60.1 Å². The van der Waals surface area contributed by atoms with Crippen LogP contribution in [-0.4, -0.2) is 28.9 Å². The van der Waals surface area contributed by atoms with Crippen LogP contribution in [0.5, 0.6) is 11.5 Å². The molecule has 0 aliphatic heterocycles. The lowest BCUT2D eigenvalue weighted by molar-refractivity contribution is 0.0687. The van der Waals surface area contributed by atoms with E-state index in [4.69, 9.17) is 18.3 Å². The second-order valence-corrected chi connectivity index (χ2v) is 5.57. The Morgan fingerprint density at radius 2 is 1.22 bits per heavy atom. The van der Waals surface area contributed by atoms with Crippen molar-refractivity contribution in [2.45, 2.75) is 0 Å². The number of hydrogen-bond acceptors (Lipinski definition) is 6. The summed E-state index contributed by atoms with van der Waals surface area (Å²) >= 11 is 0. The largest absolute Gasteiger partial charge is 0.478 e. The van der Waals surface area contributed by atoms with Gasteiger partial charge in [0.05, 0.1) is 10.8 Å². The molecule has 136 valence electrons. The topological polar surface area (TPSA) is 119 Å². The highest BCUT2D eigenvalue weighted by atomic mass is 16.7. The quantitative estimate of drug-likeness (QED) is 0.490. The Morgan fingerprint density at radius 1 is 0.778 bits per heavy atom. The van der Waals surface area contributed by atoms with Crippen LogP contribution in [0.2, 0.25) is 0 Å². The average Bonchev–Trinajstić information content (AvgIpc) is 3.27. The SMILES string of the molecule is O=C(O)c1coc2cccc(OCOc3cccc4occ(C(=O)O)c34)c12. The van der Waals surface area contributed by atoms with Crippen molar-refractivity contribution in [2.75, 3.05) is 6.79 Å². The van der Waals surface area contributed by atoms with Crippen LogP contribution in [0.1, 0.15) is 20.7 Å². The Kier molecular flexibility index (Phi) is 3.92. The molecule has 0 saturated carbocycles. The highest BCUT2D eigenvalue weighted by Gasteiger charge is 2.19. The van der Waals surface area contributed by atoms with Gasteiger partial charge in [-0.25, -0.2) is 9.59 Å². The molecule has 8 nitrogen and oxygen atoms in total. The number of carboxylic acid groups (broad SMARTS) is 2. The lowest BCUT2D eigenvalue weighted by atomic mass is 10.1. The van der Waals surface area contributed by atoms with Crippen LogP contribution in [0.25, 0.3) is 21.9 Å². The monoisotopic (exact) mass is 368 g/mol. The zero-order chi connectivity index (χ0) is 19.0. The molecule has 0 saturated heterocycles. The van der Waals surface area contributed by atoms with Gasteiger partial charge >= 0.3 is 11.9 Å². The van der Waals surface area contributed by atoms with Crippen molar-refractivity contribution < 1.29 is 38.1 Å². The summed E-state index contributed by atoms with van der Waals surface area (Å²) < 4.78 is 21.6. The number of aromatic carboxylic acids is 2. The highest BCUT2D eigenvalue weighted by molar-refractivity contribution is 6.05. The van der Waals surface area contributed by atoms with Crippen molar-refractivity contribution in [1.29, 1.82) is 0 Å². The second kappa shape index (κ2) is 6.41. The fraction of sp³-hybridized carbons (Fsp3) is 0.0526. The molecule has 4 rings (SSSR count). The molecule has 27 heavy (non-hydrogen) atoms. The zero-order valence-corrected chi connectivity index (χ0v) is 13.7. The van der Waals surface area contributed by atoms with Crippen LogP contribution >= 0.6 is 0 Å². The minimum Gasteiger partial charge on any atom is -0.478 e. The van der Waals surface area contributed by atoms with Gasteiger partial charge in [-0.1, -0.05) is 12.1 Å². The van der Waals surface area contributed by atoms with E-state index in [2.05, 4.69) is 0 Å². The van der Waals surface area contributed by atoms with Gasteiger partial charge in [0.1, 0.15) is 46.3 Å². The first-order valence-electron chi connectivity index (χ1n) is 7.79. The standard InChI is InChI=1S/C19H12O8/c20-18(21)10-7-24-12-3-1-5-14(16(10)12)26-9-27-15-6-2-4-13-17(15)11(8-25-13)19(22)23/h1-8H,9H2,(H,20,21)(H,22,23). The van der Waals surface area contributed by atoms with Gasteiger partial charge in [-0.3, -0.25) is 0 Å². The number of carbonyl (C=O) groups is 2. The summed E-state index contributed by atoms with van der Waals surface area (Å²) in [4.78, 5) is 22.7. The van der Waals surface area contributed by atoms with Crippen LogP contribution < -0.4 is 9.47 Å². The van der Waals surface area contributed by atoms with Crippen molar-refractivity contribution in [3.8, 4) is 11.5 Å². The van der Waals surface area contributed by atoms with Crippen LogP contribution in [0.3, 0.4) is 0 Å². The highest BCUT2D eigenvalue weighted by Crippen LogP contribution is 2.33. The third kappa shape index (κ3) is 2.82. The molecule has 0 aliphatic rings. The average molecular weight is 368 g/mol. The maximum Gasteiger partial charge on any atom is 0.339 e. The third-order valence-corrected chi connectivity index (χ3v) is 4.01. The summed E-state index contributed by atoms with van der Waals surface area (Å²) in [5.41, 5.74) is 0.696. The van der Waals surface area contributed by atoms with Crippen molar-refractivity contribution in [1.82, 2.24) is 0 Å². The molecule has 0 unspecified atom stereocenters. The van der Waals surface area contributed by atoms with Crippen LogP contribution in [0.15, 0.2) is 57.8 Å². The third-order valence-electron chi connectivity index (χ3n) is 4.01. The molecule has 2 heterocycles. The van der Waals surface area contributed by atoms with Crippen LogP contribution in [0, 0.1) is 0 Å². The predicted octanol–water partition coefficient (Wildman–Crippen LogP) is 3.99. The molecule has 8 heteroatoms. The molecular weight excluding hydrogens is 356 g/mol. The van der Waals surface area contributed by atoms with Gasteiger partial charge < -0.3 is 28.5 Å². The Balaban J connectivity index is 1.61. The summed E-state index contributed by atoms with van der Waals surface area (Å²) in [6.45, 7) is -0.271. The second-order valence-electron chi connectivity index (χ2n) is 5.57. The molecule has 2 aromatic carbocycles. The molecule has 4 aromatic rings. The first-order valence-corrected chi connectivity index (χ1v) is 7.79. The summed E-state index contributed by atoms with van der Waals surface area (Å²) in [6, 6.07) is 9.75. The fourth-order valence-electron chi connectivity index (χ4n) is 2.82. The fourth-order valence-corrected chi connectivity index (χ4v) is 2.82. The zero-order valence-electron chi connectivity index (χ0n) is 13.7. The minimum atomic E-state index is -1.14. The first kappa shape index (κ1) is 16.5. The van der Waals surface area contributed by atoms with Gasteiger partial charge in [0.2, 0.25) is 6.79 Å². The molecule has 0 aliphatic carbocycles. The Morgan fingerprint density at radius 3 is 1.63 bits per heavy atom. The summed E-state index contributed by atoms with van der Waals surface area (Å²) in [7, 11) is 0. The molecular formula is C19H12O8. The van der Waals surface area contributed by atoms with E-state index in [-0.39, 0.29) is 29.4 Å². The maximum atomic E-state index is 11.3. The lowest BCUT2D eigenvalue weighted by Gasteiger charge is -2.10. The van der Waals surface area contributed by atoms with Gasteiger partial charge in [-0.05, 0) is 24.3 Å². The van der Waals surface area contributed by atoms with E-state index in [0.717, 1.165) is 12.5 Å². The summed E-state index contributed by atoms with van der Waals surface area (Å²) in [5.74, 6) is -1.73. The normalized spacial score (nSPS) is 11.0. The number of fused-ring (bicyclic) bond motifs is 2. The number of carboxylic acids is 2. The van der Waals surface area contributed by atoms with Crippen LogP contribution in [0.4, 0.5) is 0 Å². The molecule has 0 fully saturated rings. The van der Waals surface area contributed by atoms with E-state index in [1.54, 1.807) is 36.4 Å². The Bertz CT molecular complexity index is 1080. The smallest absolute Gasteiger partial charge is 0.339 e. The van der Waals surface area contributed by atoms with Gasteiger partial charge in [0.15, 0.2) is 0 Å². The number of rotatable bonds is 6. The van der Waals surface area contributed by atoms with E-state index in [1.807, 2.05) is 0 Å². The number of furan rings is 2. The molecule has 0 bridgehead atoms. The predicted molar refractivity (Wildman–Crippen MR) is 92.5 cm³/mol.